The summed E-state index contributed by atoms with van der Waals surface area (Å²) in [6.07, 6.45) is 0.713. The molecule has 2 nitrogen and oxygen atoms in total. The van der Waals surface area contributed by atoms with Gasteiger partial charge in [0.2, 0.25) is 0 Å². The highest BCUT2D eigenvalue weighted by Crippen LogP contribution is 2.69. The lowest BCUT2D eigenvalue weighted by Gasteiger charge is -2.26. The fourth-order valence-corrected chi connectivity index (χ4v) is 4.27. The molecule has 4 rings (SSSR count). The van der Waals surface area contributed by atoms with Crippen molar-refractivity contribution in [1.29, 1.82) is 0 Å². The average molecular weight is 328 g/mol. The Balaban J connectivity index is 1.99. The molecule has 1 saturated carbocycles. The number of carbonyl (C=O) groups is 1. The second kappa shape index (κ2) is 5.89. The Bertz CT molecular complexity index is 832. The number of carbonyl (C=O) groups excluding carboxylic acids is 1. The molecule has 0 amide bonds. The summed E-state index contributed by atoms with van der Waals surface area (Å²) < 4.78 is 5.29. The molecule has 1 fully saturated rings. The molecule has 0 N–H and O–H groups in total. The molecule has 0 saturated heterocycles. The van der Waals surface area contributed by atoms with Crippen LogP contribution in [0.25, 0.3) is 0 Å². The average Bonchev–Trinajstić information content (AvgIpc) is 3.42. The Morgan fingerprint density at radius 3 is 1.52 bits per heavy atom. The van der Waals surface area contributed by atoms with Crippen LogP contribution in [0.4, 0.5) is 0 Å². The largest absolute Gasteiger partial charge is 0.468 e. The smallest absolute Gasteiger partial charge is 0.317 e. The molecule has 2 heteroatoms. The van der Waals surface area contributed by atoms with Crippen LogP contribution in [0.1, 0.15) is 23.1 Å². The van der Waals surface area contributed by atoms with E-state index in [4.69, 9.17) is 4.74 Å². The third-order valence-corrected chi connectivity index (χ3v) is 5.47. The minimum absolute atomic E-state index is 0.175. The molecule has 1 atom stereocenters. The number of rotatable bonds is 4. The third kappa shape index (κ3) is 2.14. The monoisotopic (exact) mass is 328 g/mol. The lowest BCUT2D eigenvalue weighted by Crippen LogP contribution is -2.32. The minimum Gasteiger partial charge on any atom is -0.468 e. The molecule has 124 valence electrons. The Morgan fingerprint density at radius 1 is 0.720 bits per heavy atom. The maximum absolute atomic E-state index is 13.0. The van der Waals surface area contributed by atoms with Gasteiger partial charge in [0.1, 0.15) is 5.41 Å². The maximum Gasteiger partial charge on any atom is 0.317 e. The Morgan fingerprint density at radius 2 is 1.12 bits per heavy atom. The summed E-state index contributed by atoms with van der Waals surface area (Å²) in [6, 6.07) is 30.6. The minimum atomic E-state index is -0.689. The lowest BCUT2D eigenvalue weighted by atomic mass is 9.77. The van der Waals surface area contributed by atoms with Crippen LogP contribution in [-0.4, -0.2) is 13.1 Å². The van der Waals surface area contributed by atoms with Crippen LogP contribution in [0.15, 0.2) is 91.0 Å². The van der Waals surface area contributed by atoms with E-state index in [0.29, 0.717) is 6.42 Å². The molecule has 0 radical (unpaired) electrons. The molecule has 1 aliphatic carbocycles. The number of hydrogen-bond acceptors (Lipinski definition) is 2. The molecule has 0 aliphatic heterocycles. The van der Waals surface area contributed by atoms with Gasteiger partial charge < -0.3 is 4.74 Å². The number of ether oxygens (including phenoxy) is 1. The first-order valence-corrected chi connectivity index (χ1v) is 8.51. The van der Waals surface area contributed by atoms with Gasteiger partial charge in [0.05, 0.1) is 7.11 Å². The van der Waals surface area contributed by atoms with E-state index in [-0.39, 0.29) is 5.97 Å². The van der Waals surface area contributed by atoms with Crippen molar-refractivity contribution >= 4 is 5.97 Å². The number of esters is 1. The van der Waals surface area contributed by atoms with E-state index >= 15 is 0 Å². The van der Waals surface area contributed by atoms with Crippen LogP contribution in [-0.2, 0) is 20.4 Å². The number of methoxy groups -OCH3 is 1. The zero-order chi connectivity index (χ0) is 17.3. The van der Waals surface area contributed by atoms with Crippen molar-refractivity contribution < 1.29 is 9.53 Å². The molecular formula is C23H20O2. The molecule has 0 spiro atoms. The normalized spacial score (nSPS) is 20.7. The Hall–Kier alpha value is -2.87. The van der Waals surface area contributed by atoms with Crippen molar-refractivity contribution in [3.63, 3.8) is 0 Å². The summed E-state index contributed by atoms with van der Waals surface area (Å²) in [4.78, 5) is 13.0. The van der Waals surface area contributed by atoms with E-state index in [2.05, 4.69) is 24.3 Å². The maximum atomic E-state index is 13.0. The molecule has 3 aromatic rings. The second-order valence-corrected chi connectivity index (χ2v) is 6.58. The van der Waals surface area contributed by atoms with Gasteiger partial charge in [-0.3, -0.25) is 4.79 Å². The van der Waals surface area contributed by atoms with Crippen molar-refractivity contribution in [1.82, 2.24) is 0 Å². The molecule has 0 bridgehead atoms. The summed E-state index contributed by atoms with van der Waals surface area (Å²) in [7, 11) is 1.48. The first-order chi connectivity index (χ1) is 12.3. The molecule has 25 heavy (non-hydrogen) atoms. The first kappa shape index (κ1) is 15.6. The number of benzene rings is 3. The topological polar surface area (TPSA) is 26.3 Å². The third-order valence-electron chi connectivity index (χ3n) is 5.47. The molecular weight excluding hydrogens is 308 g/mol. The van der Waals surface area contributed by atoms with Gasteiger partial charge in [0.15, 0.2) is 0 Å². The standard InChI is InChI=1S/C23H20O2/c1-25-21(24)23(20-15-9-4-10-16-20)17-22(23,18-11-5-2-6-12-18)19-13-7-3-8-14-19/h2-16H,17H2,1H3. The fourth-order valence-electron chi connectivity index (χ4n) is 4.27. The Labute approximate surface area is 148 Å². The van der Waals surface area contributed by atoms with Crippen molar-refractivity contribution in [2.75, 3.05) is 7.11 Å². The van der Waals surface area contributed by atoms with Crippen molar-refractivity contribution in [3.05, 3.63) is 108 Å². The summed E-state index contributed by atoms with van der Waals surface area (Å²) in [5.41, 5.74) is 2.22. The van der Waals surface area contributed by atoms with E-state index in [1.807, 2.05) is 66.7 Å². The zero-order valence-electron chi connectivity index (χ0n) is 14.2. The number of hydrogen-bond donors (Lipinski definition) is 0. The predicted octanol–water partition coefficient (Wildman–Crippen LogP) is 4.49. The van der Waals surface area contributed by atoms with Crippen molar-refractivity contribution in [3.8, 4) is 0 Å². The molecule has 1 unspecified atom stereocenters. The van der Waals surface area contributed by atoms with Crippen LogP contribution in [0.2, 0.25) is 0 Å². The van der Waals surface area contributed by atoms with Crippen LogP contribution in [0, 0.1) is 0 Å². The fraction of sp³-hybridized carbons (Fsp3) is 0.174. The summed E-state index contributed by atoms with van der Waals surface area (Å²) in [6.45, 7) is 0. The SMILES string of the molecule is COC(=O)C1(c2ccccc2)CC1(c1ccccc1)c1ccccc1. The summed E-state index contributed by atoms with van der Waals surface area (Å²) in [5.74, 6) is -0.175. The van der Waals surface area contributed by atoms with E-state index in [9.17, 15) is 4.79 Å². The molecule has 3 aromatic carbocycles. The summed E-state index contributed by atoms with van der Waals surface area (Å²) in [5, 5.41) is 0. The highest BCUT2D eigenvalue weighted by molar-refractivity contribution is 5.93. The van der Waals surface area contributed by atoms with E-state index in [1.165, 1.54) is 7.11 Å². The van der Waals surface area contributed by atoms with Crippen LogP contribution < -0.4 is 0 Å². The zero-order valence-corrected chi connectivity index (χ0v) is 14.2. The van der Waals surface area contributed by atoms with Gasteiger partial charge in [-0.05, 0) is 23.1 Å². The predicted molar refractivity (Wildman–Crippen MR) is 98.4 cm³/mol. The van der Waals surface area contributed by atoms with Gasteiger partial charge in [0, 0.05) is 5.41 Å². The van der Waals surface area contributed by atoms with Gasteiger partial charge in [-0.1, -0.05) is 91.0 Å². The van der Waals surface area contributed by atoms with E-state index < -0.39 is 10.8 Å². The second-order valence-electron chi connectivity index (χ2n) is 6.58. The molecule has 0 heterocycles. The van der Waals surface area contributed by atoms with Crippen LogP contribution in [0.5, 0.6) is 0 Å². The quantitative estimate of drug-likeness (QED) is 0.660. The molecule has 1 aliphatic rings. The lowest BCUT2D eigenvalue weighted by molar-refractivity contribution is -0.144. The van der Waals surface area contributed by atoms with Gasteiger partial charge >= 0.3 is 5.97 Å². The van der Waals surface area contributed by atoms with E-state index in [1.54, 1.807) is 0 Å². The first-order valence-electron chi connectivity index (χ1n) is 8.51. The van der Waals surface area contributed by atoms with Gasteiger partial charge in [-0.25, -0.2) is 0 Å². The van der Waals surface area contributed by atoms with Gasteiger partial charge in [-0.2, -0.15) is 0 Å². The summed E-state index contributed by atoms with van der Waals surface area (Å²) >= 11 is 0. The van der Waals surface area contributed by atoms with Crippen LogP contribution >= 0.6 is 0 Å². The van der Waals surface area contributed by atoms with Crippen molar-refractivity contribution in [2.24, 2.45) is 0 Å². The highest BCUT2D eigenvalue weighted by atomic mass is 16.5. The Kier molecular flexibility index (Phi) is 3.69. The van der Waals surface area contributed by atoms with E-state index in [0.717, 1.165) is 16.7 Å². The van der Waals surface area contributed by atoms with Gasteiger partial charge in [0.25, 0.3) is 0 Å². The van der Waals surface area contributed by atoms with Crippen LogP contribution in [0.3, 0.4) is 0 Å². The van der Waals surface area contributed by atoms with Crippen molar-refractivity contribution in [2.45, 2.75) is 17.3 Å². The highest BCUT2D eigenvalue weighted by Gasteiger charge is 2.74. The van der Waals surface area contributed by atoms with Gasteiger partial charge in [-0.15, -0.1) is 0 Å². The molecule has 0 aromatic heterocycles.